The zero-order valence-electron chi connectivity index (χ0n) is 8.85. The molecule has 1 aliphatic heterocycles. The first-order chi connectivity index (χ1) is 7.24. The third-order valence-corrected chi connectivity index (χ3v) is 2.57. The van der Waals surface area contributed by atoms with E-state index in [1.807, 2.05) is 6.07 Å². The first-order valence-electron chi connectivity index (χ1n) is 5.31. The van der Waals surface area contributed by atoms with Crippen molar-refractivity contribution in [3.8, 4) is 11.5 Å². The second kappa shape index (κ2) is 4.53. The van der Waals surface area contributed by atoms with Crippen LogP contribution in [0.3, 0.4) is 0 Å². The van der Waals surface area contributed by atoms with E-state index >= 15 is 0 Å². The highest BCUT2D eigenvalue weighted by Crippen LogP contribution is 2.22. The van der Waals surface area contributed by atoms with Gasteiger partial charge in [-0.2, -0.15) is 0 Å². The van der Waals surface area contributed by atoms with Crippen LogP contribution in [0.25, 0.3) is 0 Å². The van der Waals surface area contributed by atoms with Crippen molar-refractivity contribution in [1.82, 2.24) is 0 Å². The van der Waals surface area contributed by atoms with Crippen LogP contribution in [0, 0.1) is 0 Å². The number of hydrogen-bond acceptors (Lipinski definition) is 3. The van der Waals surface area contributed by atoms with Crippen LogP contribution in [-0.2, 0) is 4.74 Å². The molecule has 82 valence electrons. The average molecular weight is 208 g/mol. The first-order valence-corrected chi connectivity index (χ1v) is 5.31. The highest BCUT2D eigenvalue weighted by molar-refractivity contribution is 5.31. The van der Waals surface area contributed by atoms with Crippen molar-refractivity contribution >= 4 is 0 Å². The van der Waals surface area contributed by atoms with Crippen molar-refractivity contribution in [2.24, 2.45) is 0 Å². The van der Waals surface area contributed by atoms with Gasteiger partial charge < -0.3 is 14.6 Å². The molecule has 1 aromatic rings. The molecule has 0 radical (unpaired) electrons. The van der Waals surface area contributed by atoms with Gasteiger partial charge in [0.2, 0.25) is 0 Å². The maximum atomic E-state index is 9.24. The van der Waals surface area contributed by atoms with E-state index in [9.17, 15) is 5.11 Å². The summed E-state index contributed by atoms with van der Waals surface area (Å²) >= 11 is 0. The van der Waals surface area contributed by atoms with E-state index in [1.165, 1.54) is 0 Å². The lowest BCUT2D eigenvalue weighted by molar-refractivity contribution is 0.0264. The topological polar surface area (TPSA) is 38.7 Å². The quantitative estimate of drug-likeness (QED) is 0.828. The molecule has 2 unspecified atom stereocenters. The predicted molar refractivity (Wildman–Crippen MR) is 57.2 cm³/mol. The zero-order chi connectivity index (χ0) is 10.7. The van der Waals surface area contributed by atoms with Crippen LogP contribution in [0.1, 0.15) is 19.8 Å². The lowest BCUT2D eigenvalue weighted by Crippen LogP contribution is -2.17. The van der Waals surface area contributed by atoms with Crippen molar-refractivity contribution < 1.29 is 14.6 Å². The Balaban J connectivity index is 1.83. The van der Waals surface area contributed by atoms with E-state index in [2.05, 4.69) is 6.92 Å². The monoisotopic (exact) mass is 208 g/mol. The molecule has 1 aromatic carbocycles. The van der Waals surface area contributed by atoms with E-state index in [1.54, 1.807) is 18.2 Å². The lowest BCUT2D eigenvalue weighted by Gasteiger charge is -2.12. The van der Waals surface area contributed by atoms with E-state index < -0.39 is 0 Å². The fourth-order valence-electron chi connectivity index (χ4n) is 1.77. The highest BCUT2D eigenvalue weighted by atomic mass is 16.5. The number of phenolic OH excluding ortho intramolecular Hbond substituents is 1. The van der Waals surface area contributed by atoms with Crippen molar-refractivity contribution in [3.05, 3.63) is 24.3 Å². The van der Waals surface area contributed by atoms with Gasteiger partial charge in [-0.15, -0.1) is 0 Å². The van der Waals surface area contributed by atoms with Gasteiger partial charge >= 0.3 is 0 Å². The van der Waals surface area contributed by atoms with Crippen molar-refractivity contribution in [3.63, 3.8) is 0 Å². The standard InChI is InChI=1S/C12H16O3/c1-9-5-6-12(15-9)8-14-11-4-2-3-10(13)7-11/h2-4,7,9,12-13H,5-6,8H2,1H3. The maximum Gasteiger partial charge on any atom is 0.123 e. The summed E-state index contributed by atoms with van der Waals surface area (Å²) < 4.78 is 11.2. The second-order valence-corrected chi connectivity index (χ2v) is 3.95. The maximum absolute atomic E-state index is 9.24. The number of rotatable bonds is 3. The molecule has 0 aromatic heterocycles. The van der Waals surface area contributed by atoms with Gasteiger partial charge in [-0.05, 0) is 31.9 Å². The largest absolute Gasteiger partial charge is 0.508 e. The third kappa shape index (κ3) is 2.86. The molecule has 0 saturated carbocycles. The summed E-state index contributed by atoms with van der Waals surface area (Å²) in [7, 11) is 0. The molecule has 0 spiro atoms. The van der Waals surface area contributed by atoms with Gasteiger partial charge in [0, 0.05) is 6.07 Å². The number of phenols is 1. The summed E-state index contributed by atoms with van der Waals surface area (Å²) in [5.74, 6) is 0.923. The molecule has 0 bridgehead atoms. The van der Waals surface area contributed by atoms with Crippen LogP contribution in [0.4, 0.5) is 0 Å². The normalized spacial score (nSPS) is 25.4. The molecule has 1 N–H and O–H groups in total. The van der Waals surface area contributed by atoms with E-state index in [4.69, 9.17) is 9.47 Å². The first kappa shape index (κ1) is 10.3. The summed E-state index contributed by atoms with van der Waals surface area (Å²) in [5, 5.41) is 9.24. The lowest BCUT2D eigenvalue weighted by atomic mass is 10.2. The number of hydrogen-bond donors (Lipinski definition) is 1. The molecule has 1 fully saturated rings. The van der Waals surface area contributed by atoms with E-state index in [0.29, 0.717) is 18.5 Å². The minimum absolute atomic E-state index is 0.197. The van der Waals surface area contributed by atoms with E-state index in [0.717, 1.165) is 12.8 Å². The van der Waals surface area contributed by atoms with Crippen LogP contribution >= 0.6 is 0 Å². The molecule has 0 aliphatic carbocycles. The summed E-state index contributed by atoms with van der Waals surface area (Å²) in [5.41, 5.74) is 0. The predicted octanol–water partition coefficient (Wildman–Crippen LogP) is 2.34. The van der Waals surface area contributed by atoms with Gasteiger partial charge in [-0.3, -0.25) is 0 Å². The molecular formula is C12H16O3. The van der Waals surface area contributed by atoms with Crippen LogP contribution < -0.4 is 4.74 Å². The molecule has 3 nitrogen and oxygen atoms in total. The van der Waals surface area contributed by atoms with Gasteiger partial charge in [0.15, 0.2) is 0 Å². The second-order valence-electron chi connectivity index (χ2n) is 3.95. The molecule has 1 saturated heterocycles. The third-order valence-electron chi connectivity index (χ3n) is 2.57. The Bertz CT molecular complexity index is 324. The Morgan fingerprint density at radius 1 is 1.47 bits per heavy atom. The van der Waals surface area contributed by atoms with Gasteiger partial charge in [0.25, 0.3) is 0 Å². The molecule has 2 rings (SSSR count). The van der Waals surface area contributed by atoms with Gasteiger partial charge in [-0.1, -0.05) is 6.07 Å². The van der Waals surface area contributed by atoms with Crippen molar-refractivity contribution in [2.75, 3.05) is 6.61 Å². The fraction of sp³-hybridized carbons (Fsp3) is 0.500. The van der Waals surface area contributed by atoms with Gasteiger partial charge in [0.05, 0.1) is 12.2 Å². The summed E-state index contributed by atoms with van der Waals surface area (Å²) in [6, 6.07) is 6.83. The van der Waals surface area contributed by atoms with Gasteiger partial charge in [-0.25, -0.2) is 0 Å². The Labute approximate surface area is 89.6 Å². The SMILES string of the molecule is CC1CCC(COc2cccc(O)c2)O1. The molecule has 3 heteroatoms. The number of ether oxygens (including phenoxy) is 2. The Kier molecular flexibility index (Phi) is 3.11. The Hall–Kier alpha value is -1.22. The summed E-state index contributed by atoms with van der Waals surface area (Å²) in [4.78, 5) is 0. The average Bonchev–Trinajstić information content (AvgIpc) is 2.62. The summed E-state index contributed by atoms with van der Waals surface area (Å²) in [6.45, 7) is 2.64. The van der Waals surface area contributed by atoms with Gasteiger partial charge in [0.1, 0.15) is 18.1 Å². The molecule has 2 atom stereocenters. The number of aromatic hydroxyl groups is 1. The van der Waals surface area contributed by atoms with Crippen LogP contribution in [-0.4, -0.2) is 23.9 Å². The van der Waals surface area contributed by atoms with Crippen LogP contribution in [0.2, 0.25) is 0 Å². The molecular weight excluding hydrogens is 192 g/mol. The van der Waals surface area contributed by atoms with Crippen molar-refractivity contribution in [1.29, 1.82) is 0 Å². The Morgan fingerprint density at radius 2 is 2.33 bits per heavy atom. The van der Waals surface area contributed by atoms with Crippen molar-refractivity contribution in [2.45, 2.75) is 32.0 Å². The molecule has 1 heterocycles. The van der Waals surface area contributed by atoms with Crippen LogP contribution in [0.5, 0.6) is 11.5 Å². The molecule has 1 aliphatic rings. The van der Waals surface area contributed by atoms with E-state index in [-0.39, 0.29) is 11.9 Å². The van der Waals surface area contributed by atoms with Crippen LogP contribution in [0.15, 0.2) is 24.3 Å². The number of benzene rings is 1. The fourth-order valence-corrected chi connectivity index (χ4v) is 1.77. The zero-order valence-corrected chi connectivity index (χ0v) is 8.85. The summed E-state index contributed by atoms with van der Waals surface area (Å²) in [6.07, 6.45) is 2.71. The Morgan fingerprint density at radius 3 is 3.00 bits per heavy atom. The highest BCUT2D eigenvalue weighted by Gasteiger charge is 2.22. The minimum Gasteiger partial charge on any atom is -0.508 e. The minimum atomic E-state index is 0.197. The molecule has 15 heavy (non-hydrogen) atoms. The smallest absolute Gasteiger partial charge is 0.123 e. The molecule has 0 amide bonds.